The quantitative estimate of drug-likeness (QED) is 0.885. The molecule has 0 saturated heterocycles. The highest BCUT2D eigenvalue weighted by molar-refractivity contribution is 6.30. The molecule has 0 aromatic heterocycles. The van der Waals surface area contributed by atoms with Crippen LogP contribution in [0.1, 0.15) is 20.8 Å². The predicted molar refractivity (Wildman–Crippen MR) is 72.5 cm³/mol. The summed E-state index contributed by atoms with van der Waals surface area (Å²) in [5.74, 6) is -0.446. The number of nitrogens with one attached hydrogen (secondary N) is 2. The van der Waals surface area contributed by atoms with Gasteiger partial charge in [-0.3, -0.25) is 9.59 Å². The second-order valence-corrected chi connectivity index (χ2v) is 5.43. The van der Waals surface area contributed by atoms with Crippen molar-refractivity contribution in [1.29, 1.82) is 0 Å². The van der Waals surface area contributed by atoms with E-state index in [1.54, 1.807) is 45.0 Å². The monoisotopic (exact) mass is 268 g/mol. The highest BCUT2D eigenvalue weighted by Gasteiger charge is 2.21. The van der Waals surface area contributed by atoms with Gasteiger partial charge in [-0.05, 0) is 18.2 Å². The Morgan fingerprint density at radius 2 is 1.94 bits per heavy atom. The van der Waals surface area contributed by atoms with E-state index in [0.29, 0.717) is 10.7 Å². The zero-order valence-corrected chi connectivity index (χ0v) is 11.5. The van der Waals surface area contributed by atoms with Gasteiger partial charge in [0.25, 0.3) is 0 Å². The van der Waals surface area contributed by atoms with Crippen molar-refractivity contribution >= 4 is 29.1 Å². The Labute approximate surface area is 112 Å². The predicted octanol–water partition coefficient (Wildman–Crippen LogP) is 2.44. The first-order valence-electron chi connectivity index (χ1n) is 5.63. The summed E-state index contributed by atoms with van der Waals surface area (Å²) in [7, 11) is 0. The van der Waals surface area contributed by atoms with Crippen LogP contribution in [-0.2, 0) is 9.59 Å². The molecular weight excluding hydrogens is 252 g/mol. The molecule has 0 bridgehead atoms. The lowest BCUT2D eigenvalue weighted by Gasteiger charge is -2.17. The Hall–Kier alpha value is -1.55. The molecule has 18 heavy (non-hydrogen) atoms. The Balaban J connectivity index is 2.46. The van der Waals surface area contributed by atoms with Crippen molar-refractivity contribution < 1.29 is 9.59 Å². The summed E-state index contributed by atoms with van der Waals surface area (Å²) >= 11 is 5.79. The molecule has 5 heteroatoms. The third kappa shape index (κ3) is 4.75. The Bertz CT molecular complexity index is 453. The number of benzene rings is 1. The van der Waals surface area contributed by atoms with Gasteiger partial charge in [0.15, 0.2) is 0 Å². The molecule has 0 spiro atoms. The SMILES string of the molecule is CC(C)(C)C(=O)NCC(=O)Nc1cccc(Cl)c1. The van der Waals surface area contributed by atoms with Crippen LogP contribution in [0.15, 0.2) is 24.3 Å². The molecule has 2 amide bonds. The molecule has 0 heterocycles. The summed E-state index contributed by atoms with van der Waals surface area (Å²) in [6, 6.07) is 6.84. The van der Waals surface area contributed by atoms with Crippen molar-refractivity contribution in [2.24, 2.45) is 5.41 Å². The summed E-state index contributed by atoms with van der Waals surface area (Å²) in [6.45, 7) is 5.31. The van der Waals surface area contributed by atoms with Crippen molar-refractivity contribution in [2.75, 3.05) is 11.9 Å². The van der Waals surface area contributed by atoms with Crippen molar-refractivity contribution in [3.63, 3.8) is 0 Å². The Morgan fingerprint density at radius 3 is 2.50 bits per heavy atom. The van der Waals surface area contributed by atoms with Crippen LogP contribution in [0.3, 0.4) is 0 Å². The van der Waals surface area contributed by atoms with E-state index in [-0.39, 0.29) is 18.4 Å². The molecule has 98 valence electrons. The van der Waals surface area contributed by atoms with Gasteiger partial charge in [-0.2, -0.15) is 0 Å². The number of amides is 2. The van der Waals surface area contributed by atoms with Crippen LogP contribution in [0.5, 0.6) is 0 Å². The smallest absolute Gasteiger partial charge is 0.243 e. The molecule has 0 aliphatic rings. The van der Waals surface area contributed by atoms with Crippen molar-refractivity contribution in [2.45, 2.75) is 20.8 Å². The van der Waals surface area contributed by atoms with Gasteiger partial charge in [-0.1, -0.05) is 38.4 Å². The zero-order valence-electron chi connectivity index (χ0n) is 10.7. The molecule has 0 radical (unpaired) electrons. The summed E-state index contributed by atoms with van der Waals surface area (Å²) in [5, 5.41) is 5.77. The lowest BCUT2D eigenvalue weighted by molar-refractivity contribution is -0.130. The lowest BCUT2D eigenvalue weighted by atomic mass is 9.96. The van der Waals surface area contributed by atoms with Crippen molar-refractivity contribution in [1.82, 2.24) is 5.32 Å². The van der Waals surface area contributed by atoms with Gasteiger partial charge in [0, 0.05) is 16.1 Å². The molecule has 0 unspecified atom stereocenters. The van der Waals surface area contributed by atoms with Crippen LogP contribution in [0.25, 0.3) is 0 Å². The van der Waals surface area contributed by atoms with Gasteiger partial charge in [-0.25, -0.2) is 0 Å². The van der Waals surface area contributed by atoms with Crippen LogP contribution >= 0.6 is 11.6 Å². The van der Waals surface area contributed by atoms with Crippen molar-refractivity contribution in [3.8, 4) is 0 Å². The second-order valence-electron chi connectivity index (χ2n) is 4.99. The summed E-state index contributed by atoms with van der Waals surface area (Å²) in [5.41, 5.74) is 0.105. The number of rotatable bonds is 3. The minimum atomic E-state index is -0.504. The van der Waals surface area contributed by atoms with Gasteiger partial charge in [0.05, 0.1) is 6.54 Å². The minimum Gasteiger partial charge on any atom is -0.347 e. The van der Waals surface area contributed by atoms with Gasteiger partial charge in [0.2, 0.25) is 11.8 Å². The molecule has 0 saturated carbocycles. The summed E-state index contributed by atoms with van der Waals surface area (Å²) in [4.78, 5) is 23.1. The number of halogens is 1. The van der Waals surface area contributed by atoms with E-state index >= 15 is 0 Å². The van der Waals surface area contributed by atoms with Gasteiger partial charge >= 0.3 is 0 Å². The number of hydrogen-bond acceptors (Lipinski definition) is 2. The van der Waals surface area contributed by atoms with Crippen LogP contribution in [0.2, 0.25) is 5.02 Å². The standard InChI is InChI=1S/C13H17ClN2O2/c1-13(2,3)12(18)15-8-11(17)16-10-6-4-5-9(14)7-10/h4-7H,8H2,1-3H3,(H,15,18)(H,16,17). The summed E-state index contributed by atoms with van der Waals surface area (Å²) < 4.78 is 0. The van der Waals surface area contributed by atoms with Crippen LogP contribution < -0.4 is 10.6 Å². The molecule has 0 atom stereocenters. The second kappa shape index (κ2) is 5.87. The average Bonchev–Trinajstić information content (AvgIpc) is 2.24. The van der Waals surface area contributed by atoms with Crippen molar-refractivity contribution in [3.05, 3.63) is 29.3 Å². The number of hydrogen-bond donors (Lipinski definition) is 2. The number of anilines is 1. The van der Waals surface area contributed by atoms with Gasteiger partial charge < -0.3 is 10.6 Å². The molecule has 0 aliphatic carbocycles. The highest BCUT2D eigenvalue weighted by Crippen LogP contribution is 2.15. The highest BCUT2D eigenvalue weighted by atomic mass is 35.5. The third-order valence-electron chi connectivity index (χ3n) is 2.20. The largest absolute Gasteiger partial charge is 0.347 e. The fourth-order valence-electron chi connectivity index (χ4n) is 1.20. The first-order chi connectivity index (χ1) is 8.29. The fraction of sp³-hybridized carbons (Fsp3) is 0.385. The Kier molecular flexibility index (Phi) is 4.73. The van der Waals surface area contributed by atoms with E-state index in [4.69, 9.17) is 11.6 Å². The number of carbonyl (C=O) groups is 2. The van der Waals surface area contributed by atoms with E-state index in [2.05, 4.69) is 10.6 Å². The van der Waals surface area contributed by atoms with Crippen LogP contribution in [-0.4, -0.2) is 18.4 Å². The Morgan fingerprint density at radius 1 is 1.28 bits per heavy atom. The maximum atomic E-state index is 11.6. The van der Waals surface area contributed by atoms with E-state index < -0.39 is 5.41 Å². The van der Waals surface area contributed by atoms with E-state index in [1.165, 1.54) is 0 Å². The maximum absolute atomic E-state index is 11.6. The molecule has 4 nitrogen and oxygen atoms in total. The lowest BCUT2D eigenvalue weighted by Crippen LogP contribution is -2.39. The molecule has 1 aromatic rings. The molecular formula is C13H17ClN2O2. The van der Waals surface area contributed by atoms with E-state index in [0.717, 1.165) is 0 Å². The topological polar surface area (TPSA) is 58.2 Å². The maximum Gasteiger partial charge on any atom is 0.243 e. The first-order valence-corrected chi connectivity index (χ1v) is 6.00. The molecule has 1 rings (SSSR count). The van der Waals surface area contributed by atoms with E-state index in [1.807, 2.05) is 0 Å². The summed E-state index contributed by atoms with van der Waals surface area (Å²) in [6.07, 6.45) is 0. The molecule has 1 aromatic carbocycles. The van der Waals surface area contributed by atoms with Crippen LogP contribution in [0, 0.1) is 5.41 Å². The fourth-order valence-corrected chi connectivity index (χ4v) is 1.39. The normalized spacial score (nSPS) is 10.9. The molecule has 2 N–H and O–H groups in total. The molecule has 0 aliphatic heterocycles. The van der Waals surface area contributed by atoms with E-state index in [9.17, 15) is 9.59 Å². The van der Waals surface area contributed by atoms with Gasteiger partial charge in [-0.15, -0.1) is 0 Å². The van der Waals surface area contributed by atoms with Gasteiger partial charge in [0.1, 0.15) is 0 Å². The number of carbonyl (C=O) groups excluding carboxylic acids is 2. The molecule has 0 fully saturated rings. The third-order valence-corrected chi connectivity index (χ3v) is 2.43. The minimum absolute atomic E-state index is 0.0530. The van der Waals surface area contributed by atoms with Crippen LogP contribution in [0.4, 0.5) is 5.69 Å². The first kappa shape index (κ1) is 14.5. The zero-order chi connectivity index (χ0) is 13.8. The average molecular weight is 269 g/mol.